The van der Waals surface area contributed by atoms with E-state index in [0.717, 1.165) is 11.3 Å². The molecule has 0 aliphatic heterocycles. The number of rotatable bonds is 4. The summed E-state index contributed by atoms with van der Waals surface area (Å²) in [4.78, 5) is 17.3. The number of carbonyl (C=O) groups is 1. The Morgan fingerprint density at radius 2 is 1.83 bits per heavy atom. The largest absolute Gasteiger partial charge is 0.306 e. The predicted octanol–water partition coefficient (Wildman–Crippen LogP) is 5.87. The molecule has 2 heterocycles. The van der Waals surface area contributed by atoms with Gasteiger partial charge in [0.2, 0.25) is 0 Å². The molecule has 0 bridgehead atoms. The first-order valence-corrected chi connectivity index (χ1v) is 10.8. The standard InChI is InChI=1S/C25H30N4O/c1-25(2,3)20-12-10-19(11-13-20)24(30)28-22-17-21(29-23(27-22)15-16-26-29)14-9-18-7-5-4-6-8-18/h9-18H,4-8H2,1-3H3,(H,27,28,30)/b14-9+. The molecule has 1 saturated carbocycles. The average Bonchev–Trinajstić information content (AvgIpc) is 3.21. The van der Waals surface area contributed by atoms with E-state index in [1.807, 2.05) is 40.9 Å². The third kappa shape index (κ3) is 4.61. The summed E-state index contributed by atoms with van der Waals surface area (Å²) >= 11 is 0. The molecule has 0 saturated heterocycles. The molecule has 156 valence electrons. The molecule has 1 aliphatic carbocycles. The molecule has 1 fully saturated rings. The maximum atomic E-state index is 12.8. The second-order valence-corrected chi connectivity index (χ2v) is 9.21. The lowest BCUT2D eigenvalue weighted by Crippen LogP contribution is -2.15. The lowest BCUT2D eigenvalue weighted by molar-refractivity contribution is 0.102. The van der Waals surface area contributed by atoms with Crippen molar-refractivity contribution in [2.75, 3.05) is 5.32 Å². The molecule has 1 aromatic carbocycles. The third-order valence-electron chi connectivity index (χ3n) is 5.83. The van der Waals surface area contributed by atoms with E-state index < -0.39 is 0 Å². The lowest BCUT2D eigenvalue weighted by atomic mass is 9.87. The van der Waals surface area contributed by atoms with Crippen molar-refractivity contribution in [2.24, 2.45) is 5.92 Å². The van der Waals surface area contributed by atoms with Crippen molar-refractivity contribution >= 4 is 23.4 Å². The molecule has 1 N–H and O–H groups in total. The van der Waals surface area contributed by atoms with Crippen LogP contribution in [0.1, 0.15) is 74.5 Å². The molecule has 3 aromatic rings. The molecular weight excluding hydrogens is 372 g/mol. The Bertz CT molecular complexity index is 1050. The number of carbonyl (C=O) groups excluding carboxylic acids is 1. The third-order valence-corrected chi connectivity index (χ3v) is 5.83. The molecule has 1 amide bonds. The molecule has 0 atom stereocenters. The summed E-state index contributed by atoms with van der Waals surface area (Å²) in [6.07, 6.45) is 12.6. The number of hydrogen-bond acceptors (Lipinski definition) is 3. The lowest BCUT2D eigenvalue weighted by Gasteiger charge is -2.19. The van der Waals surface area contributed by atoms with Crippen LogP contribution in [-0.2, 0) is 5.41 Å². The van der Waals surface area contributed by atoms with Crippen molar-refractivity contribution < 1.29 is 4.79 Å². The summed E-state index contributed by atoms with van der Waals surface area (Å²) in [6.45, 7) is 6.49. The summed E-state index contributed by atoms with van der Waals surface area (Å²) in [6, 6.07) is 11.5. The van der Waals surface area contributed by atoms with Crippen molar-refractivity contribution in [1.29, 1.82) is 0 Å². The second-order valence-electron chi connectivity index (χ2n) is 9.21. The predicted molar refractivity (Wildman–Crippen MR) is 122 cm³/mol. The number of amides is 1. The number of nitrogens with zero attached hydrogens (tertiary/aromatic N) is 3. The van der Waals surface area contributed by atoms with Crippen LogP contribution in [0.2, 0.25) is 0 Å². The van der Waals surface area contributed by atoms with E-state index in [1.165, 1.54) is 37.7 Å². The van der Waals surface area contributed by atoms with Gasteiger partial charge < -0.3 is 5.32 Å². The number of nitrogens with one attached hydrogen (secondary N) is 1. The molecule has 5 heteroatoms. The van der Waals surface area contributed by atoms with Gasteiger partial charge in [0.1, 0.15) is 5.82 Å². The summed E-state index contributed by atoms with van der Waals surface area (Å²) in [5.41, 5.74) is 3.53. The SMILES string of the molecule is CC(C)(C)c1ccc(C(=O)Nc2cc(/C=C/C3CCCCC3)n3nccc3n2)cc1. The van der Waals surface area contributed by atoms with Gasteiger partial charge in [0.05, 0.1) is 11.9 Å². The number of hydrogen-bond donors (Lipinski definition) is 1. The van der Waals surface area contributed by atoms with Crippen LogP contribution in [0.4, 0.5) is 5.82 Å². The van der Waals surface area contributed by atoms with Crippen LogP contribution in [0.15, 0.2) is 48.7 Å². The molecule has 2 aromatic heterocycles. The van der Waals surface area contributed by atoms with Crippen LogP contribution in [-0.4, -0.2) is 20.5 Å². The van der Waals surface area contributed by atoms with Crippen LogP contribution in [0.25, 0.3) is 11.7 Å². The number of fused-ring (bicyclic) bond motifs is 1. The highest BCUT2D eigenvalue weighted by atomic mass is 16.1. The van der Waals surface area contributed by atoms with E-state index in [0.29, 0.717) is 17.3 Å². The molecule has 5 nitrogen and oxygen atoms in total. The number of aromatic nitrogens is 3. The zero-order valence-corrected chi connectivity index (χ0v) is 18.1. The van der Waals surface area contributed by atoms with E-state index >= 15 is 0 Å². The molecule has 0 radical (unpaired) electrons. The Morgan fingerprint density at radius 3 is 2.53 bits per heavy atom. The van der Waals surface area contributed by atoms with Crippen LogP contribution in [0.5, 0.6) is 0 Å². The monoisotopic (exact) mass is 402 g/mol. The number of benzene rings is 1. The van der Waals surface area contributed by atoms with Gasteiger partial charge in [0, 0.05) is 17.7 Å². The molecule has 30 heavy (non-hydrogen) atoms. The Balaban J connectivity index is 1.55. The molecule has 0 spiro atoms. The summed E-state index contributed by atoms with van der Waals surface area (Å²) in [5.74, 6) is 1.00. The van der Waals surface area contributed by atoms with Crippen molar-refractivity contribution in [2.45, 2.75) is 58.3 Å². The maximum Gasteiger partial charge on any atom is 0.256 e. The Morgan fingerprint density at radius 1 is 1.10 bits per heavy atom. The van der Waals surface area contributed by atoms with Crippen LogP contribution >= 0.6 is 0 Å². The highest BCUT2D eigenvalue weighted by Gasteiger charge is 2.15. The van der Waals surface area contributed by atoms with Gasteiger partial charge in [-0.05, 0) is 47.9 Å². The van der Waals surface area contributed by atoms with E-state index in [-0.39, 0.29) is 11.3 Å². The topological polar surface area (TPSA) is 59.3 Å². The van der Waals surface area contributed by atoms with Crippen LogP contribution < -0.4 is 5.32 Å². The molecule has 4 rings (SSSR count). The van der Waals surface area contributed by atoms with Crippen molar-refractivity contribution in [3.8, 4) is 0 Å². The van der Waals surface area contributed by atoms with Crippen LogP contribution in [0, 0.1) is 5.92 Å². The Kier molecular flexibility index (Phi) is 5.71. The van der Waals surface area contributed by atoms with Gasteiger partial charge in [-0.15, -0.1) is 0 Å². The van der Waals surface area contributed by atoms with Gasteiger partial charge in [-0.2, -0.15) is 5.10 Å². The molecule has 0 unspecified atom stereocenters. The smallest absolute Gasteiger partial charge is 0.256 e. The Labute approximate surface area is 178 Å². The van der Waals surface area contributed by atoms with E-state index in [9.17, 15) is 4.79 Å². The van der Waals surface area contributed by atoms with Gasteiger partial charge in [-0.3, -0.25) is 4.79 Å². The van der Waals surface area contributed by atoms with Crippen molar-refractivity contribution in [3.05, 3.63) is 65.5 Å². The maximum absolute atomic E-state index is 12.8. The highest BCUT2D eigenvalue weighted by molar-refractivity contribution is 6.04. The minimum absolute atomic E-state index is 0.0587. The minimum Gasteiger partial charge on any atom is -0.306 e. The minimum atomic E-state index is -0.158. The summed E-state index contributed by atoms with van der Waals surface area (Å²) in [7, 11) is 0. The van der Waals surface area contributed by atoms with E-state index in [2.05, 4.69) is 48.3 Å². The van der Waals surface area contributed by atoms with E-state index in [4.69, 9.17) is 0 Å². The zero-order valence-electron chi connectivity index (χ0n) is 18.1. The quantitative estimate of drug-likeness (QED) is 0.593. The van der Waals surface area contributed by atoms with E-state index in [1.54, 1.807) is 6.20 Å². The normalized spacial score (nSPS) is 15.7. The first-order valence-electron chi connectivity index (χ1n) is 10.8. The first-order chi connectivity index (χ1) is 14.4. The van der Waals surface area contributed by atoms with Crippen molar-refractivity contribution in [1.82, 2.24) is 14.6 Å². The first kappa shape index (κ1) is 20.3. The summed E-state index contributed by atoms with van der Waals surface area (Å²) in [5, 5.41) is 7.34. The van der Waals surface area contributed by atoms with Gasteiger partial charge in [-0.25, -0.2) is 9.50 Å². The average molecular weight is 403 g/mol. The highest BCUT2D eigenvalue weighted by Crippen LogP contribution is 2.26. The number of allylic oxidation sites excluding steroid dienone is 1. The van der Waals surface area contributed by atoms with Crippen molar-refractivity contribution in [3.63, 3.8) is 0 Å². The van der Waals surface area contributed by atoms with Gasteiger partial charge >= 0.3 is 0 Å². The second kappa shape index (κ2) is 8.42. The van der Waals surface area contributed by atoms with Gasteiger partial charge in [-0.1, -0.05) is 58.2 Å². The van der Waals surface area contributed by atoms with Gasteiger partial charge in [0.25, 0.3) is 5.91 Å². The Hall–Kier alpha value is -2.95. The fraction of sp³-hybridized carbons (Fsp3) is 0.400. The molecular formula is C25H30N4O. The van der Waals surface area contributed by atoms with Crippen LogP contribution in [0.3, 0.4) is 0 Å². The fourth-order valence-corrected chi connectivity index (χ4v) is 3.99. The summed E-state index contributed by atoms with van der Waals surface area (Å²) < 4.78 is 1.81. The molecule has 1 aliphatic rings. The fourth-order valence-electron chi connectivity index (χ4n) is 3.99. The van der Waals surface area contributed by atoms with Gasteiger partial charge in [0.15, 0.2) is 5.65 Å². The number of anilines is 1. The zero-order chi connectivity index (χ0) is 21.1.